The lowest BCUT2D eigenvalue weighted by Gasteiger charge is -2.38. The molecule has 0 spiro atoms. The Bertz CT molecular complexity index is 1480. The average Bonchev–Trinajstić information content (AvgIpc) is 3.72. The fraction of sp³-hybridized carbons (Fsp3) is 0.258. The van der Waals surface area contributed by atoms with Crippen molar-refractivity contribution in [1.82, 2.24) is 15.2 Å². The van der Waals surface area contributed by atoms with Crippen LogP contribution in [0.25, 0.3) is 0 Å². The van der Waals surface area contributed by atoms with Crippen molar-refractivity contribution in [2.45, 2.75) is 38.5 Å². The molecular formula is C31H28FN3O4. The molecule has 0 radical (unpaired) electrons. The van der Waals surface area contributed by atoms with Gasteiger partial charge in [-0.15, -0.1) is 0 Å². The van der Waals surface area contributed by atoms with E-state index < -0.39 is 0 Å². The smallest absolute Gasteiger partial charge is 0.287 e. The lowest BCUT2D eigenvalue weighted by atomic mass is 9.87. The number of hydrogen-bond donors (Lipinski definition) is 1. The average molecular weight is 526 g/mol. The van der Waals surface area contributed by atoms with E-state index in [1.165, 1.54) is 12.1 Å². The summed E-state index contributed by atoms with van der Waals surface area (Å²) >= 11 is 0. The zero-order chi connectivity index (χ0) is 26.8. The molecule has 1 saturated carbocycles. The highest BCUT2D eigenvalue weighted by Gasteiger charge is 2.39. The van der Waals surface area contributed by atoms with Gasteiger partial charge in [0.05, 0.1) is 6.04 Å². The zero-order valence-corrected chi connectivity index (χ0v) is 21.3. The maximum atomic E-state index is 13.7. The van der Waals surface area contributed by atoms with Gasteiger partial charge >= 0.3 is 0 Å². The number of pyridine rings is 1. The molecule has 4 aromatic rings. The van der Waals surface area contributed by atoms with Crippen molar-refractivity contribution in [3.05, 3.63) is 119 Å². The Hall–Kier alpha value is -4.46. The number of furan rings is 1. The molecule has 0 bridgehead atoms. The monoisotopic (exact) mass is 525 g/mol. The summed E-state index contributed by atoms with van der Waals surface area (Å²) in [4.78, 5) is 31.6. The topological polar surface area (TPSA) is 84.7 Å². The van der Waals surface area contributed by atoms with Crippen molar-refractivity contribution >= 4 is 11.8 Å². The largest absolute Gasteiger partial charge is 0.486 e. The van der Waals surface area contributed by atoms with E-state index in [-0.39, 0.29) is 42.0 Å². The van der Waals surface area contributed by atoms with E-state index in [1.807, 2.05) is 35.2 Å². The second-order valence-electron chi connectivity index (χ2n) is 9.96. The van der Waals surface area contributed by atoms with Gasteiger partial charge in [-0.3, -0.25) is 14.6 Å². The number of benzene rings is 2. The fourth-order valence-electron chi connectivity index (χ4n) is 4.99. The van der Waals surface area contributed by atoms with Crippen molar-refractivity contribution in [1.29, 1.82) is 0 Å². The van der Waals surface area contributed by atoms with Crippen LogP contribution in [-0.2, 0) is 24.4 Å². The van der Waals surface area contributed by atoms with Gasteiger partial charge in [-0.2, -0.15) is 0 Å². The van der Waals surface area contributed by atoms with E-state index in [0.717, 1.165) is 41.5 Å². The number of nitrogens with zero attached hydrogens (tertiary/aromatic N) is 2. The third-order valence-corrected chi connectivity index (χ3v) is 7.21. The number of halogens is 1. The first-order chi connectivity index (χ1) is 19.0. The van der Waals surface area contributed by atoms with Crippen LogP contribution in [0.3, 0.4) is 0 Å². The van der Waals surface area contributed by atoms with Crippen LogP contribution in [0.5, 0.6) is 5.75 Å². The lowest BCUT2D eigenvalue weighted by Crippen LogP contribution is -2.41. The molecule has 1 atom stereocenters. The van der Waals surface area contributed by atoms with Crippen LogP contribution in [0.15, 0.2) is 83.5 Å². The Kier molecular flexibility index (Phi) is 6.84. The quantitative estimate of drug-likeness (QED) is 0.342. The molecule has 198 valence electrons. The summed E-state index contributed by atoms with van der Waals surface area (Å²) in [5.41, 5.74) is 3.94. The van der Waals surface area contributed by atoms with Crippen LogP contribution in [0.4, 0.5) is 4.39 Å². The molecule has 39 heavy (non-hydrogen) atoms. The van der Waals surface area contributed by atoms with Gasteiger partial charge in [0.2, 0.25) is 5.91 Å². The van der Waals surface area contributed by atoms with Gasteiger partial charge in [0.15, 0.2) is 5.76 Å². The Labute approximate surface area is 225 Å². The zero-order valence-electron chi connectivity index (χ0n) is 21.3. The summed E-state index contributed by atoms with van der Waals surface area (Å²) in [6.07, 6.45) is 5.95. The second-order valence-corrected chi connectivity index (χ2v) is 9.96. The number of ether oxygens (including phenoxy) is 1. The Morgan fingerprint density at radius 1 is 1.03 bits per heavy atom. The number of carbonyl (C=O) groups is 2. The van der Waals surface area contributed by atoms with Crippen molar-refractivity contribution in [2.24, 2.45) is 5.92 Å². The van der Waals surface area contributed by atoms with E-state index in [4.69, 9.17) is 9.15 Å². The third kappa shape index (κ3) is 5.55. The van der Waals surface area contributed by atoms with Crippen LogP contribution in [0.1, 0.15) is 57.5 Å². The third-order valence-electron chi connectivity index (χ3n) is 7.21. The Balaban J connectivity index is 1.17. The minimum Gasteiger partial charge on any atom is -0.486 e. The highest BCUT2D eigenvalue weighted by atomic mass is 19.1. The first kappa shape index (κ1) is 24.9. The van der Waals surface area contributed by atoms with E-state index in [9.17, 15) is 14.0 Å². The molecule has 1 unspecified atom stereocenters. The lowest BCUT2D eigenvalue weighted by molar-refractivity contribution is -0.134. The minimum atomic E-state index is -0.311. The number of aromatic nitrogens is 1. The summed E-state index contributed by atoms with van der Waals surface area (Å²) in [5, 5.41) is 2.83. The standard InChI is InChI=1S/C31H28FN3O4/c32-24-6-3-22(4-7-24)29-27-17-25(8-5-21(27)13-16-35(29)31(37)23-1-2-23)38-19-26-9-10-28(39-26)30(36)34-18-20-11-14-33-15-12-20/h3-12,14-15,17,23,29H,1-2,13,16,18-19H2,(H,34,36). The normalized spacial score (nSPS) is 16.4. The molecule has 6 rings (SSSR count). The predicted molar refractivity (Wildman–Crippen MR) is 141 cm³/mol. The number of amides is 2. The van der Waals surface area contributed by atoms with Gasteiger partial charge in [-0.1, -0.05) is 18.2 Å². The minimum absolute atomic E-state index is 0.0870. The van der Waals surface area contributed by atoms with Gasteiger partial charge in [0, 0.05) is 31.4 Å². The fourth-order valence-corrected chi connectivity index (χ4v) is 4.99. The maximum Gasteiger partial charge on any atom is 0.287 e. The summed E-state index contributed by atoms with van der Waals surface area (Å²) in [5.74, 6) is 0.976. The Morgan fingerprint density at radius 2 is 1.82 bits per heavy atom. The molecule has 2 aliphatic rings. The molecule has 2 amide bonds. The summed E-state index contributed by atoms with van der Waals surface area (Å²) < 4.78 is 25.5. The van der Waals surface area contributed by atoms with E-state index >= 15 is 0 Å². The Morgan fingerprint density at radius 3 is 2.59 bits per heavy atom. The molecule has 0 saturated heterocycles. The number of hydrogen-bond acceptors (Lipinski definition) is 5. The summed E-state index contributed by atoms with van der Waals surface area (Å²) in [6, 6.07) is 19.0. The van der Waals surface area contributed by atoms with Gasteiger partial charge < -0.3 is 19.4 Å². The van der Waals surface area contributed by atoms with Crippen molar-refractivity contribution in [3.63, 3.8) is 0 Å². The number of rotatable bonds is 8. The first-order valence-corrected chi connectivity index (χ1v) is 13.1. The van der Waals surface area contributed by atoms with Crippen molar-refractivity contribution in [3.8, 4) is 5.75 Å². The van der Waals surface area contributed by atoms with E-state index in [0.29, 0.717) is 24.6 Å². The molecule has 8 heteroatoms. The highest BCUT2D eigenvalue weighted by molar-refractivity contribution is 5.91. The van der Waals surface area contributed by atoms with Crippen LogP contribution >= 0.6 is 0 Å². The molecular weight excluding hydrogens is 497 g/mol. The molecule has 1 N–H and O–H groups in total. The maximum absolute atomic E-state index is 13.7. The summed E-state index contributed by atoms with van der Waals surface area (Å²) in [7, 11) is 0. The summed E-state index contributed by atoms with van der Waals surface area (Å²) in [6.45, 7) is 1.14. The molecule has 1 fully saturated rings. The van der Waals surface area contributed by atoms with Gasteiger partial charge in [-0.05, 0) is 90.0 Å². The van der Waals surface area contributed by atoms with Gasteiger partial charge in [0.1, 0.15) is 23.9 Å². The number of fused-ring (bicyclic) bond motifs is 1. The molecule has 1 aliphatic heterocycles. The SMILES string of the molecule is O=C(NCc1ccncc1)c1ccc(COc2ccc3c(c2)C(c2ccc(F)cc2)N(C(=O)C2CC2)CC3)o1. The predicted octanol–water partition coefficient (Wildman–Crippen LogP) is 5.21. The van der Waals surface area contributed by atoms with Crippen LogP contribution < -0.4 is 10.1 Å². The molecule has 3 heterocycles. The molecule has 2 aromatic carbocycles. The van der Waals surface area contributed by atoms with Crippen LogP contribution in [-0.4, -0.2) is 28.2 Å². The van der Waals surface area contributed by atoms with Crippen LogP contribution in [0.2, 0.25) is 0 Å². The van der Waals surface area contributed by atoms with Gasteiger partial charge in [-0.25, -0.2) is 4.39 Å². The molecule has 2 aromatic heterocycles. The van der Waals surface area contributed by atoms with Gasteiger partial charge in [0.25, 0.3) is 5.91 Å². The van der Waals surface area contributed by atoms with Crippen molar-refractivity contribution < 1.29 is 23.1 Å². The second kappa shape index (κ2) is 10.7. The molecule has 7 nitrogen and oxygen atoms in total. The van der Waals surface area contributed by atoms with Crippen molar-refractivity contribution in [2.75, 3.05) is 6.54 Å². The highest BCUT2D eigenvalue weighted by Crippen LogP contribution is 2.41. The van der Waals surface area contributed by atoms with E-state index in [2.05, 4.69) is 10.3 Å². The number of nitrogens with one attached hydrogen (secondary N) is 1. The van der Waals surface area contributed by atoms with E-state index in [1.54, 1.807) is 36.7 Å². The molecule has 1 aliphatic carbocycles. The number of carbonyl (C=O) groups excluding carboxylic acids is 2. The van der Waals surface area contributed by atoms with Crippen LogP contribution in [0, 0.1) is 11.7 Å². The first-order valence-electron chi connectivity index (χ1n) is 13.1.